The van der Waals surface area contributed by atoms with Crippen LogP contribution in [-0.2, 0) is 15.4 Å². The minimum atomic E-state index is -4.00. The Balaban J connectivity index is 1.55. The highest BCUT2D eigenvalue weighted by atomic mass is 32.2. The highest BCUT2D eigenvalue weighted by Gasteiger charge is 2.62. The van der Waals surface area contributed by atoms with Crippen LogP contribution in [0.2, 0.25) is 0 Å². The van der Waals surface area contributed by atoms with Gasteiger partial charge in [-0.1, -0.05) is 35.9 Å². The fraction of sp³-hybridized carbons (Fsp3) is 0.172. The van der Waals surface area contributed by atoms with Gasteiger partial charge in [0.25, 0.3) is 10.0 Å². The Morgan fingerprint density at radius 3 is 2.68 bits per heavy atom. The van der Waals surface area contributed by atoms with Crippen LogP contribution in [0.25, 0.3) is 0 Å². The number of phenolic OH excluding ortho intramolecular Hbond substituents is 1. The van der Waals surface area contributed by atoms with Gasteiger partial charge in [-0.3, -0.25) is 0 Å². The number of rotatable bonds is 4. The third-order valence-electron chi connectivity index (χ3n) is 7.98. The van der Waals surface area contributed by atoms with Crippen LogP contribution in [-0.4, -0.2) is 22.7 Å². The predicted molar refractivity (Wildman–Crippen MR) is 135 cm³/mol. The van der Waals surface area contributed by atoms with Crippen LogP contribution in [0.1, 0.15) is 52.0 Å². The second kappa shape index (κ2) is 7.66. The molecule has 3 aliphatic rings. The zero-order valence-electron chi connectivity index (χ0n) is 20.0. The van der Waals surface area contributed by atoms with Crippen molar-refractivity contribution in [3.8, 4) is 5.75 Å². The quantitative estimate of drug-likeness (QED) is 0.361. The molecule has 2 bridgehead atoms. The molecule has 0 radical (unpaired) electrons. The first-order valence-electron chi connectivity index (χ1n) is 12.1. The van der Waals surface area contributed by atoms with E-state index in [1.807, 2.05) is 31.2 Å². The van der Waals surface area contributed by atoms with Gasteiger partial charge in [-0.25, -0.2) is 0 Å². The maximum atomic E-state index is 14.0. The molecule has 8 heteroatoms. The van der Waals surface area contributed by atoms with E-state index in [-0.39, 0.29) is 22.6 Å². The van der Waals surface area contributed by atoms with Gasteiger partial charge in [0.1, 0.15) is 5.75 Å². The standard InChI is InChI=1S/C29H23N3O4S/c1-19-8-10-21(11-9-19)37(34,35)32-26(12-14-30-32)29(20-13-16-36-18-20)17-24-22-5-4-7-25(33)27(22)28(29)23-6-2-3-15-31(23)24/h2-16,18,24,28H,17H2,1H3/p+1. The summed E-state index contributed by atoms with van der Waals surface area (Å²) in [5.41, 5.74) is 4.33. The number of hydrogen-bond acceptors (Lipinski definition) is 5. The summed E-state index contributed by atoms with van der Waals surface area (Å²) in [4.78, 5) is 0.171. The molecule has 3 atom stereocenters. The Hall–Kier alpha value is -4.17. The van der Waals surface area contributed by atoms with E-state index < -0.39 is 15.4 Å². The Morgan fingerprint density at radius 2 is 1.89 bits per heavy atom. The largest absolute Gasteiger partial charge is 0.508 e. The molecule has 0 spiro atoms. The number of fused-ring (bicyclic) bond motifs is 1. The van der Waals surface area contributed by atoms with E-state index in [0.29, 0.717) is 12.1 Å². The van der Waals surface area contributed by atoms with Gasteiger partial charge in [0.15, 0.2) is 17.9 Å². The first-order chi connectivity index (χ1) is 17.9. The first kappa shape index (κ1) is 22.1. The van der Waals surface area contributed by atoms with E-state index in [0.717, 1.165) is 32.0 Å². The van der Waals surface area contributed by atoms with E-state index in [1.165, 1.54) is 6.20 Å². The van der Waals surface area contributed by atoms with Crippen LogP contribution >= 0.6 is 0 Å². The molecule has 1 N–H and O–H groups in total. The molecule has 3 aromatic heterocycles. The van der Waals surface area contributed by atoms with Crippen molar-refractivity contribution in [2.24, 2.45) is 0 Å². The van der Waals surface area contributed by atoms with Crippen LogP contribution in [0.15, 0.2) is 107 Å². The lowest BCUT2D eigenvalue weighted by atomic mass is 9.54. The van der Waals surface area contributed by atoms with Gasteiger partial charge >= 0.3 is 0 Å². The van der Waals surface area contributed by atoms with Crippen molar-refractivity contribution in [1.29, 1.82) is 0 Å². The molecular formula is C29H24N3O4S+. The molecule has 0 amide bonds. The molecule has 2 aromatic carbocycles. The molecular weight excluding hydrogens is 486 g/mol. The summed E-state index contributed by atoms with van der Waals surface area (Å²) in [6.45, 7) is 1.92. The normalized spacial score (nSPS) is 22.0. The number of nitrogens with zero attached hydrogens (tertiary/aromatic N) is 3. The third kappa shape index (κ3) is 2.90. The lowest BCUT2D eigenvalue weighted by Gasteiger charge is -2.48. The number of hydrogen-bond donors (Lipinski definition) is 1. The SMILES string of the molecule is Cc1ccc(S(=O)(=O)n2nccc2C2(c3ccoc3)CC3c4cccc(O)c4C2c2cccc[n+]23)cc1. The van der Waals surface area contributed by atoms with E-state index in [2.05, 4.69) is 28.0 Å². The van der Waals surface area contributed by atoms with Crippen LogP contribution < -0.4 is 4.57 Å². The number of phenols is 1. The Bertz CT molecular complexity index is 1760. The van der Waals surface area contributed by atoms with E-state index in [4.69, 9.17) is 4.42 Å². The molecule has 5 aromatic rings. The van der Waals surface area contributed by atoms with Gasteiger partial charge in [0, 0.05) is 35.2 Å². The maximum absolute atomic E-state index is 14.0. The highest BCUT2D eigenvalue weighted by Crippen LogP contribution is 2.61. The second-order valence-corrected chi connectivity index (χ2v) is 11.6. The van der Waals surface area contributed by atoms with Gasteiger partial charge < -0.3 is 9.52 Å². The van der Waals surface area contributed by atoms with Gasteiger partial charge in [0.2, 0.25) is 0 Å². The van der Waals surface area contributed by atoms with Crippen LogP contribution in [0.5, 0.6) is 5.75 Å². The summed E-state index contributed by atoms with van der Waals surface area (Å²) in [7, 11) is -4.00. The topological polar surface area (TPSA) is 89.2 Å². The van der Waals surface area contributed by atoms with Crippen molar-refractivity contribution in [2.75, 3.05) is 0 Å². The van der Waals surface area contributed by atoms with E-state index in [1.54, 1.807) is 48.9 Å². The smallest absolute Gasteiger partial charge is 0.283 e. The van der Waals surface area contributed by atoms with Crippen molar-refractivity contribution in [3.05, 3.63) is 131 Å². The molecule has 184 valence electrons. The molecule has 0 saturated carbocycles. The summed E-state index contributed by atoms with van der Waals surface area (Å²) in [6, 6.07) is 22.0. The minimum Gasteiger partial charge on any atom is -0.508 e. The third-order valence-corrected chi connectivity index (χ3v) is 9.59. The van der Waals surface area contributed by atoms with E-state index in [9.17, 15) is 13.5 Å². The van der Waals surface area contributed by atoms with Crippen molar-refractivity contribution < 1.29 is 22.5 Å². The van der Waals surface area contributed by atoms with Gasteiger partial charge in [-0.2, -0.15) is 22.2 Å². The summed E-state index contributed by atoms with van der Waals surface area (Å²) in [5.74, 6) is -0.182. The maximum Gasteiger partial charge on any atom is 0.283 e. The molecule has 0 fully saturated rings. The summed E-state index contributed by atoms with van der Waals surface area (Å²) < 4.78 is 36.9. The second-order valence-electron chi connectivity index (χ2n) is 9.83. The molecule has 37 heavy (non-hydrogen) atoms. The Morgan fingerprint density at radius 1 is 1.05 bits per heavy atom. The molecule has 1 aliphatic carbocycles. The lowest BCUT2D eigenvalue weighted by Crippen LogP contribution is -2.60. The van der Waals surface area contributed by atoms with Crippen molar-refractivity contribution in [2.45, 2.75) is 35.6 Å². The fourth-order valence-electron chi connectivity index (χ4n) is 6.42. The predicted octanol–water partition coefficient (Wildman–Crippen LogP) is 4.44. The average molecular weight is 511 g/mol. The summed E-state index contributed by atoms with van der Waals surface area (Å²) in [6.07, 6.45) is 7.46. The molecule has 8 rings (SSSR count). The number of furan rings is 1. The first-order valence-corrected chi connectivity index (χ1v) is 13.6. The number of benzene rings is 2. The number of aryl methyl sites for hydroxylation is 1. The fourth-order valence-corrected chi connectivity index (χ4v) is 7.76. The lowest BCUT2D eigenvalue weighted by molar-refractivity contribution is -0.732. The number of aromatic hydroxyl groups is 1. The van der Waals surface area contributed by atoms with Crippen molar-refractivity contribution in [3.63, 3.8) is 0 Å². The summed E-state index contributed by atoms with van der Waals surface area (Å²) >= 11 is 0. The van der Waals surface area contributed by atoms with Crippen LogP contribution in [0.3, 0.4) is 0 Å². The molecule has 2 aliphatic heterocycles. The molecule has 3 unspecified atom stereocenters. The average Bonchev–Trinajstić information content (AvgIpc) is 3.63. The monoisotopic (exact) mass is 510 g/mol. The number of pyridine rings is 1. The van der Waals surface area contributed by atoms with Gasteiger partial charge in [-0.05, 0) is 37.3 Å². The molecule has 5 heterocycles. The zero-order chi connectivity index (χ0) is 25.4. The molecule has 0 saturated heterocycles. The van der Waals surface area contributed by atoms with Crippen molar-refractivity contribution in [1.82, 2.24) is 9.19 Å². The van der Waals surface area contributed by atoms with Crippen LogP contribution in [0.4, 0.5) is 0 Å². The molecule has 7 nitrogen and oxygen atoms in total. The van der Waals surface area contributed by atoms with Gasteiger partial charge in [0.05, 0.1) is 40.6 Å². The zero-order valence-corrected chi connectivity index (χ0v) is 20.8. The Labute approximate surface area is 214 Å². The highest BCUT2D eigenvalue weighted by molar-refractivity contribution is 7.89. The summed E-state index contributed by atoms with van der Waals surface area (Å²) in [5, 5.41) is 15.6. The van der Waals surface area contributed by atoms with Crippen molar-refractivity contribution >= 4 is 10.0 Å². The van der Waals surface area contributed by atoms with Gasteiger partial charge in [-0.15, -0.1) is 0 Å². The number of aromatic nitrogens is 3. The minimum absolute atomic E-state index is 0.122. The van der Waals surface area contributed by atoms with Crippen LogP contribution in [0, 0.1) is 6.92 Å². The van der Waals surface area contributed by atoms with E-state index >= 15 is 0 Å². The Kier molecular flexibility index (Phi) is 4.57.